The summed E-state index contributed by atoms with van der Waals surface area (Å²) < 4.78 is 5.14. The smallest absolute Gasteiger partial charge is 0.328 e. The molecule has 0 heterocycles. The Bertz CT molecular complexity index is 390. The van der Waals surface area contributed by atoms with Crippen LogP contribution >= 0.6 is 0 Å². The molecule has 3 atom stereocenters. The maximum Gasteiger partial charge on any atom is 0.328 e. The third-order valence-electron chi connectivity index (χ3n) is 4.57. The Morgan fingerprint density at radius 3 is 2.67 bits per heavy atom. The summed E-state index contributed by atoms with van der Waals surface area (Å²) in [5, 5.41) is 11.7. The molecule has 0 saturated heterocycles. The first kappa shape index (κ1) is 16.0. The highest BCUT2D eigenvalue weighted by atomic mass is 16.5. The molecule has 2 rings (SSSR count). The van der Waals surface area contributed by atoms with Crippen molar-refractivity contribution in [3.8, 4) is 0 Å². The normalized spacial score (nSPS) is 26.9. The molecular formula is C16H25NO4. The summed E-state index contributed by atoms with van der Waals surface area (Å²) in [6.07, 6.45) is 8.75. The fourth-order valence-corrected chi connectivity index (χ4v) is 3.32. The lowest BCUT2D eigenvalue weighted by molar-refractivity contribution is -0.143. The van der Waals surface area contributed by atoms with Gasteiger partial charge in [0.25, 0.3) is 0 Å². The van der Waals surface area contributed by atoms with Gasteiger partial charge in [0, 0.05) is 5.92 Å². The van der Waals surface area contributed by atoms with Crippen LogP contribution in [0.5, 0.6) is 0 Å². The quantitative estimate of drug-likeness (QED) is 0.530. The third-order valence-corrected chi connectivity index (χ3v) is 4.57. The van der Waals surface area contributed by atoms with Crippen molar-refractivity contribution in [3.63, 3.8) is 0 Å². The van der Waals surface area contributed by atoms with Gasteiger partial charge in [0.15, 0.2) is 6.04 Å². The highest BCUT2D eigenvalue weighted by molar-refractivity contribution is 5.86. The van der Waals surface area contributed by atoms with Crippen LogP contribution in [-0.4, -0.2) is 36.2 Å². The number of carbonyl (C=O) groups excluding carboxylic acids is 1. The lowest BCUT2D eigenvalue weighted by Gasteiger charge is -2.21. The molecule has 118 valence electrons. The Morgan fingerprint density at radius 2 is 2.05 bits per heavy atom. The minimum Gasteiger partial charge on any atom is -0.480 e. The summed E-state index contributed by atoms with van der Waals surface area (Å²) in [6, 6.07) is -0.968. The van der Waals surface area contributed by atoms with E-state index in [1.54, 1.807) is 6.08 Å². The number of hydrogen-bond acceptors (Lipinski definition) is 3. The van der Waals surface area contributed by atoms with E-state index < -0.39 is 12.0 Å². The average Bonchev–Trinajstić information content (AvgIpc) is 3.27. The number of aliphatic carboxylic acids is 1. The number of carboxylic acids is 1. The maximum absolute atomic E-state index is 12.2. The molecule has 2 aliphatic rings. The number of nitrogens with one attached hydrogen (secondary N) is 1. The highest BCUT2D eigenvalue weighted by Gasteiger charge is 2.47. The highest BCUT2D eigenvalue weighted by Crippen LogP contribution is 2.49. The van der Waals surface area contributed by atoms with Crippen molar-refractivity contribution in [1.29, 1.82) is 0 Å². The van der Waals surface area contributed by atoms with Crippen molar-refractivity contribution >= 4 is 11.9 Å². The molecular weight excluding hydrogens is 270 g/mol. The molecule has 0 aromatic carbocycles. The molecule has 0 radical (unpaired) electrons. The minimum atomic E-state index is -1.05. The molecule has 3 unspecified atom stereocenters. The van der Waals surface area contributed by atoms with Gasteiger partial charge >= 0.3 is 5.97 Å². The zero-order valence-electron chi connectivity index (χ0n) is 12.4. The van der Waals surface area contributed by atoms with Gasteiger partial charge in [0.2, 0.25) is 5.91 Å². The first-order valence-corrected chi connectivity index (χ1v) is 7.85. The van der Waals surface area contributed by atoms with Gasteiger partial charge in [-0.05, 0) is 18.3 Å². The van der Waals surface area contributed by atoms with E-state index in [0.29, 0.717) is 11.8 Å². The maximum atomic E-state index is 12.2. The van der Waals surface area contributed by atoms with Crippen LogP contribution in [0.1, 0.15) is 38.5 Å². The van der Waals surface area contributed by atoms with Crippen LogP contribution < -0.4 is 5.32 Å². The molecule has 2 N–H and O–H groups in total. The molecule has 2 aliphatic carbocycles. The second-order valence-corrected chi connectivity index (χ2v) is 6.13. The fourth-order valence-electron chi connectivity index (χ4n) is 3.32. The molecule has 0 bridgehead atoms. The Morgan fingerprint density at radius 1 is 1.33 bits per heavy atom. The van der Waals surface area contributed by atoms with E-state index in [1.165, 1.54) is 32.1 Å². The zero-order chi connectivity index (χ0) is 15.2. The third kappa shape index (κ3) is 4.56. The van der Waals surface area contributed by atoms with E-state index >= 15 is 0 Å². The van der Waals surface area contributed by atoms with Crippen LogP contribution in [-0.2, 0) is 14.3 Å². The van der Waals surface area contributed by atoms with Crippen LogP contribution in [0, 0.1) is 17.8 Å². The van der Waals surface area contributed by atoms with Crippen LogP contribution in [0.25, 0.3) is 0 Å². The Hall–Kier alpha value is -1.36. The largest absolute Gasteiger partial charge is 0.480 e. The molecule has 5 heteroatoms. The molecule has 5 nitrogen and oxygen atoms in total. The summed E-state index contributed by atoms with van der Waals surface area (Å²) >= 11 is 0. The number of amides is 1. The second kappa shape index (κ2) is 7.59. The molecule has 0 aliphatic heterocycles. The lowest BCUT2D eigenvalue weighted by Crippen LogP contribution is -2.45. The van der Waals surface area contributed by atoms with Crippen LogP contribution in [0.2, 0.25) is 0 Å². The predicted octanol–water partition coefficient (Wildman–Crippen LogP) is 1.97. The van der Waals surface area contributed by atoms with Gasteiger partial charge in [-0.25, -0.2) is 4.79 Å². The lowest BCUT2D eigenvalue weighted by atomic mass is 9.85. The minimum absolute atomic E-state index is 0.00866. The van der Waals surface area contributed by atoms with Gasteiger partial charge in [-0.1, -0.05) is 38.2 Å². The standard InChI is InChI=1S/C16H25NO4/c1-2-8-21-10-14(16(19)20)17-15(18)13-9-12(13)11-6-4-3-5-7-11/h2,11-14H,1,3-10H2,(H,17,18)(H,19,20). The van der Waals surface area contributed by atoms with Crippen LogP contribution in [0.3, 0.4) is 0 Å². The second-order valence-electron chi connectivity index (χ2n) is 6.13. The van der Waals surface area contributed by atoms with Crippen LogP contribution in [0.15, 0.2) is 12.7 Å². The number of rotatable bonds is 8. The Kier molecular flexibility index (Phi) is 5.79. The van der Waals surface area contributed by atoms with Crippen molar-refractivity contribution in [2.24, 2.45) is 17.8 Å². The summed E-state index contributed by atoms with van der Waals surface area (Å²) in [5.41, 5.74) is 0. The van der Waals surface area contributed by atoms with Crippen molar-refractivity contribution in [3.05, 3.63) is 12.7 Å². The molecule has 0 aromatic rings. The molecule has 1 amide bonds. The Balaban J connectivity index is 1.77. The van der Waals surface area contributed by atoms with Crippen molar-refractivity contribution in [2.75, 3.05) is 13.2 Å². The van der Waals surface area contributed by atoms with Gasteiger partial charge in [0.1, 0.15) is 0 Å². The number of carboxylic acid groups (broad SMARTS) is 1. The summed E-state index contributed by atoms with van der Waals surface area (Å²) in [7, 11) is 0. The average molecular weight is 295 g/mol. The topological polar surface area (TPSA) is 75.6 Å². The summed E-state index contributed by atoms with van der Waals surface area (Å²) in [5.74, 6) is -0.0413. The van der Waals surface area contributed by atoms with E-state index in [2.05, 4.69) is 11.9 Å². The van der Waals surface area contributed by atoms with Gasteiger partial charge in [-0.3, -0.25) is 4.79 Å². The van der Waals surface area contributed by atoms with Crippen molar-refractivity contribution in [2.45, 2.75) is 44.6 Å². The van der Waals surface area contributed by atoms with Gasteiger partial charge in [-0.2, -0.15) is 0 Å². The van der Waals surface area contributed by atoms with Gasteiger partial charge < -0.3 is 15.2 Å². The number of hydrogen-bond donors (Lipinski definition) is 2. The monoisotopic (exact) mass is 295 g/mol. The number of ether oxygens (including phenoxy) is 1. The molecule has 2 fully saturated rings. The van der Waals surface area contributed by atoms with E-state index in [0.717, 1.165) is 6.42 Å². The van der Waals surface area contributed by atoms with E-state index in [-0.39, 0.29) is 25.0 Å². The van der Waals surface area contributed by atoms with Gasteiger partial charge in [-0.15, -0.1) is 6.58 Å². The first-order valence-electron chi connectivity index (χ1n) is 7.85. The summed E-state index contributed by atoms with van der Waals surface area (Å²) in [6.45, 7) is 3.77. The Labute approximate surface area is 125 Å². The van der Waals surface area contributed by atoms with E-state index in [4.69, 9.17) is 9.84 Å². The summed E-state index contributed by atoms with van der Waals surface area (Å²) in [4.78, 5) is 23.3. The molecule has 0 aromatic heterocycles. The van der Waals surface area contributed by atoms with E-state index in [9.17, 15) is 9.59 Å². The zero-order valence-corrected chi connectivity index (χ0v) is 12.4. The van der Waals surface area contributed by atoms with Crippen molar-refractivity contribution < 1.29 is 19.4 Å². The van der Waals surface area contributed by atoms with E-state index in [1.807, 2.05) is 0 Å². The van der Waals surface area contributed by atoms with Crippen LogP contribution in [0.4, 0.5) is 0 Å². The first-order chi connectivity index (χ1) is 10.1. The molecule has 0 spiro atoms. The SMILES string of the molecule is C=CCOCC(NC(=O)C1CC1C1CCCCC1)C(=O)O. The fraction of sp³-hybridized carbons (Fsp3) is 0.750. The molecule has 21 heavy (non-hydrogen) atoms. The predicted molar refractivity (Wildman–Crippen MR) is 78.8 cm³/mol. The molecule has 2 saturated carbocycles. The number of carbonyl (C=O) groups is 2. The van der Waals surface area contributed by atoms with Gasteiger partial charge in [0.05, 0.1) is 13.2 Å². The van der Waals surface area contributed by atoms with Crippen molar-refractivity contribution in [1.82, 2.24) is 5.32 Å².